The Labute approximate surface area is 171 Å². The number of nitrogens with one attached hydrogen (secondary N) is 1. The van der Waals surface area contributed by atoms with Gasteiger partial charge in [-0.1, -0.05) is 29.8 Å². The first-order valence-corrected chi connectivity index (χ1v) is 9.31. The Balaban J connectivity index is 1.84. The molecule has 30 heavy (non-hydrogen) atoms. The van der Waals surface area contributed by atoms with E-state index in [1.165, 1.54) is 19.9 Å². The van der Waals surface area contributed by atoms with Gasteiger partial charge in [-0.15, -0.1) is 0 Å². The summed E-state index contributed by atoms with van der Waals surface area (Å²) < 4.78 is 39.4. The van der Waals surface area contributed by atoms with Gasteiger partial charge in [0.15, 0.2) is 5.78 Å². The molecule has 1 N–H and O–H groups in total. The summed E-state index contributed by atoms with van der Waals surface area (Å²) >= 11 is 0. The molecule has 1 aliphatic heterocycles. The highest BCUT2D eigenvalue weighted by atomic mass is 19.4. The van der Waals surface area contributed by atoms with Crippen LogP contribution in [0, 0.1) is 20.8 Å². The molecule has 1 aromatic carbocycles. The van der Waals surface area contributed by atoms with Crippen molar-refractivity contribution in [3.8, 4) is 0 Å². The molecule has 1 unspecified atom stereocenters. The van der Waals surface area contributed by atoms with Gasteiger partial charge in [0.25, 0.3) is 5.91 Å². The van der Waals surface area contributed by atoms with Crippen LogP contribution in [0.1, 0.15) is 39.8 Å². The van der Waals surface area contributed by atoms with Crippen molar-refractivity contribution in [2.45, 2.75) is 46.0 Å². The summed E-state index contributed by atoms with van der Waals surface area (Å²) in [6.45, 7) is 4.56. The fraction of sp³-hybridized carbons (Fsp3) is 0.381. The first-order valence-electron chi connectivity index (χ1n) is 9.31. The molecule has 9 heteroatoms. The number of Topliss-reactive ketones (excluding diaryl/α,β-unsaturated/α-hetero) is 1. The number of hydrogen-bond donors (Lipinski definition) is 1. The van der Waals surface area contributed by atoms with Gasteiger partial charge in [0.05, 0.1) is 6.54 Å². The van der Waals surface area contributed by atoms with Crippen LogP contribution >= 0.6 is 0 Å². The number of amides is 3. The smallest absolute Gasteiger partial charge is 0.339 e. The first-order chi connectivity index (χ1) is 13.8. The quantitative estimate of drug-likeness (QED) is 0.592. The maximum absolute atomic E-state index is 13.0. The van der Waals surface area contributed by atoms with E-state index in [4.69, 9.17) is 0 Å². The number of imide groups is 1. The van der Waals surface area contributed by atoms with E-state index in [-0.39, 0.29) is 17.0 Å². The topological polar surface area (TPSA) is 71.4 Å². The Hall–Kier alpha value is -3.10. The standard InChI is InChI=1S/C21H22F3N3O3/c1-12-5-7-15(8-6-12)20(4)18(29)26(19(30)25-20)10-17(28)16-9-13(2)27(14(16)3)11-21(22,23)24/h5-9H,10-11H2,1-4H3,(H,25,30). The largest absolute Gasteiger partial charge is 0.406 e. The molecule has 1 aromatic heterocycles. The Morgan fingerprint density at radius 1 is 1.10 bits per heavy atom. The van der Waals surface area contributed by atoms with Gasteiger partial charge in [0, 0.05) is 17.0 Å². The van der Waals surface area contributed by atoms with E-state index in [1.807, 2.05) is 19.1 Å². The van der Waals surface area contributed by atoms with Gasteiger partial charge in [-0.05, 0) is 39.3 Å². The number of urea groups is 1. The molecule has 2 aromatic rings. The number of alkyl halides is 3. The van der Waals surface area contributed by atoms with Crippen molar-refractivity contribution in [1.29, 1.82) is 0 Å². The summed E-state index contributed by atoms with van der Waals surface area (Å²) in [5, 5.41) is 2.62. The van der Waals surface area contributed by atoms with E-state index in [9.17, 15) is 27.6 Å². The Bertz CT molecular complexity index is 1020. The van der Waals surface area contributed by atoms with Crippen LogP contribution < -0.4 is 5.32 Å². The summed E-state index contributed by atoms with van der Waals surface area (Å²) in [5.74, 6) is -1.19. The lowest BCUT2D eigenvalue weighted by molar-refractivity contribution is -0.141. The van der Waals surface area contributed by atoms with Crippen molar-refractivity contribution >= 4 is 17.7 Å². The number of benzene rings is 1. The van der Waals surface area contributed by atoms with Gasteiger partial charge < -0.3 is 9.88 Å². The first kappa shape index (κ1) is 21.6. The van der Waals surface area contributed by atoms with E-state index < -0.39 is 42.5 Å². The molecule has 1 saturated heterocycles. The highest BCUT2D eigenvalue weighted by Crippen LogP contribution is 2.30. The van der Waals surface area contributed by atoms with Crippen molar-refractivity contribution in [1.82, 2.24) is 14.8 Å². The number of carbonyl (C=O) groups is 3. The number of hydrogen-bond acceptors (Lipinski definition) is 3. The molecule has 1 aliphatic rings. The average molecular weight is 421 g/mol. The van der Waals surface area contributed by atoms with Crippen LogP contribution in [0.2, 0.25) is 0 Å². The summed E-state index contributed by atoms with van der Waals surface area (Å²) in [5.41, 5.74) is 0.711. The molecule has 3 rings (SSSR count). The van der Waals surface area contributed by atoms with Gasteiger partial charge in [0.1, 0.15) is 12.1 Å². The van der Waals surface area contributed by atoms with Crippen molar-refractivity contribution in [2.24, 2.45) is 0 Å². The molecule has 160 valence electrons. The monoisotopic (exact) mass is 421 g/mol. The number of ketones is 1. The average Bonchev–Trinajstić information content (AvgIpc) is 3.03. The minimum absolute atomic E-state index is 0.0567. The maximum Gasteiger partial charge on any atom is 0.406 e. The van der Waals surface area contributed by atoms with Gasteiger partial charge in [-0.25, -0.2) is 4.79 Å². The molecule has 6 nitrogen and oxygen atoms in total. The van der Waals surface area contributed by atoms with Gasteiger partial charge in [0.2, 0.25) is 0 Å². The molecule has 3 amide bonds. The number of aryl methyl sites for hydroxylation is 2. The molecular weight excluding hydrogens is 399 g/mol. The summed E-state index contributed by atoms with van der Waals surface area (Å²) in [4.78, 5) is 39.0. The van der Waals surface area contributed by atoms with Crippen LogP contribution in [0.3, 0.4) is 0 Å². The molecular formula is C21H22F3N3O3. The molecule has 0 radical (unpaired) electrons. The van der Waals surface area contributed by atoms with Crippen molar-refractivity contribution < 1.29 is 27.6 Å². The minimum atomic E-state index is -4.44. The minimum Gasteiger partial charge on any atom is -0.339 e. The summed E-state index contributed by atoms with van der Waals surface area (Å²) in [7, 11) is 0. The van der Waals surface area contributed by atoms with Gasteiger partial charge in [-0.3, -0.25) is 14.5 Å². The van der Waals surface area contributed by atoms with Gasteiger partial charge >= 0.3 is 12.2 Å². The van der Waals surface area contributed by atoms with Crippen LogP contribution in [0.25, 0.3) is 0 Å². The van der Waals surface area contributed by atoms with Crippen LogP contribution in [0.4, 0.5) is 18.0 Å². The molecule has 0 spiro atoms. The second-order valence-corrected chi connectivity index (χ2v) is 7.72. The third kappa shape index (κ3) is 3.83. The van der Waals surface area contributed by atoms with E-state index in [2.05, 4.69) is 5.32 Å². The maximum atomic E-state index is 13.0. The van der Waals surface area contributed by atoms with E-state index in [0.29, 0.717) is 5.56 Å². The zero-order valence-electron chi connectivity index (χ0n) is 17.1. The fourth-order valence-corrected chi connectivity index (χ4v) is 3.66. The molecule has 0 saturated carbocycles. The number of aromatic nitrogens is 1. The summed E-state index contributed by atoms with van der Waals surface area (Å²) in [6.07, 6.45) is -4.44. The van der Waals surface area contributed by atoms with Crippen LogP contribution in [0.15, 0.2) is 30.3 Å². The van der Waals surface area contributed by atoms with Crippen molar-refractivity contribution in [3.63, 3.8) is 0 Å². The predicted molar refractivity (Wildman–Crippen MR) is 103 cm³/mol. The lowest BCUT2D eigenvalue weighted by Gasteiger charge is -2.22. The number of halogens is 3. The lowest BCUT2D eigenvalue weighted by atomic mass is 9.91. The fourth-order valence-electron chi connectivity index (χ4n) is 3.66. The van der Waals surface area contributed by atoms with E-state index in [1.54, 1.807) is 19.1 Å². The highest BCUT2D eigenvalue weighted by Gasteiger charge is 2.49. The van der Waals surface area contributed by atoms with Crippen molar-refractivity contribution in [3.05, 3.63) is 58.4 Å². The number of carbonyl (C=O) groups excluding carboxylic acids is 3. The second-order valence-electron chi connectivity index (χ2n) is 7.72. The Morgan fingerprint density at radius 2 is 1.70 bits per heavy atom. The van der Waals surface area contributed by atoms with Gasteiger partial charge in [-0.2, -0.15) is 13.2 Å². The van der Waals surface area contributed by atoms with E-state index >= 15 is 0 Å². The van der Waals surface area contributed by atoms with Crippen LogP contribution in [0.5, 0.6) is 0 Å². The molecule has 1 atom stereocenters. The Morgan fingerprint density at radius 3 is 2.27 bits per heavy atom. The molecule has 0 aliphatic carbocycles. The predicted octanol–water partition coefficient (Wildman–Crippen LogP) is 3.63. The normalized spacial score (nSPS) is 19.4. The SMILES string of the molecule is Cc1ccc(C2(C)NC(=O)N(CC(=O)c3cc(C)n(CC(F)(F)F)c3C)C2=O)cc1. The number of rotatable bonds is 5. The zero-order valence-corrected chi connectivity index (χ0v) is 17.1. The Kier molecular flexibility index (Phi) is 5.26. The van der Waals surface area contributed by atoms with Crippen LogP contribution in [-0.4, -0.2) is 39.9 Å². The number of nitrogens with zero attached hydrogens (tertiary/aromatic N) is 2. The zero-order chi connectivity index (χ0) is 22.4. The van der Waals surface area contributed by atoms with Crippen LogP contribution in [-0.2, 0) is 16.9 Å². The van der Waals surface area contributed by atoms with E-state index in [0.717, 1.165) is 15.0 Å². The molecule has 2 heterocycles. The summed E-state index contributed by atoms with van der Waals surface area (Å²) in [6, 6.07) is 7.70. The molecule has 1 fully saturated rings. The molecule has 0 bridgehead atoms. The third-order valence-corrected chi connectivity index (χ3v) is 5.42. The highest BCUT2D eigenvalue weighted by molar-refractivity contribution is 6.11. The van der Waals surface area contributed by atoms with Crippen molar-refractivity contribution in [2.75, 3.05) is 6.54 Å². The third-order valence-electron chi connectivity index (χ3n) is 5.42. The second kappa shape index (κ2) is 7.30. The lowest BCUT2D eigenvalue weighted by Crippen LogP contribution is -2.41.